The second-order valence-electron chi connectivity index (χ2n) is 32.8. The molecule has 0 bridgehead atoms. The van der Waals surface area contributed by atoms with Crippen molar-refractivity contribution in [3.8, 4) is 0 Å². The van der Waals surface area contributed by atoms with E-state index in [1.165, 1.54) is 139 Å². The number of benzene rings is 7. The monoisotopic (exact) mass is 1110 g/mol. The van der Waals surface area contributed by atoms with E-state index in [0.717, 1.165) is 42.2 Å². The minimum Gasteiger partial charge on any atom is -0.456 e. The lowest BCUT2D eigenvalue weighted by Crippen LogP contribution is -2.62. The third kappa shape index (κ3) is 7.35. The molecule has 4 heterocycles. The zero-order valence-electron chi connectivity index (χ0n) is 53.4. The highest BCUT2D eigenvalue weighted by Crippen LogP contribution is 2.63. The van der Waals surface area contributed by atoms with Gasteiger partial charge in [-0.15, -0.1) is 0 Å². The molecule has 2 unspecified atom stereocenters. The molecule has 3 aliphatic heterocycles. The van der Waals surface area contributed by atoms with E-state index in [-0.39, 0.29) is 50.2 Å². The van der Waals surface area contributed by atoms with Gasteiger partial charge in [-0.2, -0.15) is 0 Å². The van der Waals surface area contributed by atoms with E-state index >= 15 is 0 Å². The molecule has 7 aliphatic rings. The normalized spacial score (nSPS) is 24.3. The predicted molar refractivity (Wildman–Crippen MR) is 359 cm³/mol. The first-order valence-corrected chi connectivity index (χ1v) is 35.6. The maximum absolute atomic E-state index is 6.90. The van der Waals surface area contributed by atoms with E-state index in [2.05, 4.69) is 247 Å². The summed E-state index contributed by atoms with van der Waals surface area (Å²) < 4.78 is 6.90. The van der Waals surface area contributed by atoms with Crippen molar-refractivity contribution >= 4 is 104 Å². The van der Waals surface area contributed by atoms with E-state index < -0.39 is 8.07 Å². The Labute approximate surface area is 498 Å². The molecule has 0 N–H and O–H groups in total. The van der Waals surface area contributed by atoms with Crippen molar-refractivity contribution in [1.82, 2.24) is 0 Å². The molecular formula is C77H90BN3OSi. The first-order valence-electron chi connectivity index (χ1n) is 32.1. The van der Waals surface area contributed by atoms with E-state index in [9.17, 15) is 0 Å². The van der Waals surface area contributed by atoms with Crippen molar-refractivity contribution in [3.63, 3.8) is 0 Å². The van der Waals surface area contributed by atoms with Gasteiger partial charge in [0.05, 0.1) is 24.7 Å². The van der Waals surface area contributed by atoms with Crippen molar-refractivity contribution in [3.05, 3.63) is 154 Å². The number of furan rings is 1. The first-order chi connectivity index (χ1) is 39.0. The summed E-state index contributed by atoms with van der Waals surface area (Å²) in [6, 6.07) is 47.4. The summed E-state index contributed by atoms with van der Waals surface area (Å²) in [4.78, 5) is 8.46. The SMILES string of the molecule is CC1(C)CCC(C)(C)c2cc(N3c4cc5c(cc4B4c6cc7c(cc6N(c6cccc8oc9ccccc9c68)c6cc(N8c9ccc([Si](C)(C)C)cc9C9(C)CCCCC89C)cc3c64)C(C)(C)CCC7(C)C)C(C)(C)CCC5(C)C)ccc21. The molecule has 0 spiro atoms. The summed E-state index contributed by atoms with van der Waals surface area (Å²) in [5.74, 6) is 0. The summed E-state index contributed by atoms with van der Waals surface area (Å²) in [5, 5.41) is 3.89. The van der Waals surface area contributed by atoms with Gasteiger partial charge in [0.1, 0.15) is 11.2 Å². The van der Waals surface area contributed by atoms with E-state index in [1.54, 1.807) is 10.8 Å². The molecule has 1 saturated carbocycles. The Balaban J connectivity index is 1.13. The third-order valence-electron chi connectivity index (χ3n) is 23.9. The highest BCUT2D eigenvalue weighted by molar-refractivity contribution is 7.00. The van der Waals surface area contributed by atoms with Crippen molar-refractivity contribution in [1.29, 1.82) is 0 Å². The summed E-state index contributed by atoms with van der Waals surface area (Å²) in [5.41, 5.74) is 27.0. The molecule has 0 amide bonds. The lowest BCUT2D eigenvalue weighted by Gasteiger charge is -2.52. The topological polar surface area (TPSA) is 22.9 Å². The van der Waals surface area contributed by atoms with Gasteiger partial charge >= 0.3 is 0 Å². The van der Waals surface area contributed by atoms with Crippen LogP contribution in [0.25, 0.3) is 21.9 Å². The van der Waals surface area contributed by atoms with Crippen LogP contribution in [0, 0.1) is 0 Å². The van der Waals surface area contributed by atoms with Gasteiger partial charge in [0, 0.05) is 50.6 Å². The lowest BCUT2D eigenvalue weighted by molar-refractivity contribution is 0.195. The number of nitrogens with zero attached hydrogens (tertiary/aromatic N) is 3. The fourth-order valence-corrected chi connectivity index (χ4v) is 19.2. The van der Waals surface area contributed by atoms with Gasteiger partial charge in [-0.3, -0.25) is 0 Å². The van der Waals surface area contributed by atoms with Crippen molar-refractivity contribution in [2.75, 3.05) is 14.7 Å². The molecule has 15 rings (SSSR count). The van der Waals surface area contributed by atoms with Gasteiger partial charge in [-0.25, -0.2) is 0 Å². The molecule has 83 heavy (non-hydrogen) atoms. The lowest BCUT2D eigenvalue weighted by atomic mass is 9.32. The molecule has 7 aromatic carbocycles. The minimum absolute atomic E-state index is 0.00795. The highest BCUT2D eigenvalue weighted by Gasteiger charge is 2.59. The summed E-state index contributed by atoms with van der Waals surface area (Å²) in [6.07, 6.45) is 11.8. The number of rotatable bonds is 4. The van der Waals surface area contributed by atoms with E-state index in [4.69, 9.17) is 4.42 Å². The van der Waals surface area contributed by atoms with Crippen molar-refractivity contribution in [2.45, 2.75) is 224 Å². The molecule has 2 atom stereocenters. The van der Waals surface area contributed by atoms with Gasteiger partial charge in [0.15, 0.2) is 0 Å². The van der Waals surface area contributed by atoms with Gasteiger partial charge in [0.2, 0.25) is 0 Å². The Morgan fingerprint density at radius 2 is 0.916 bits per heavy atom. The van der Waals surface area contributed by atoms with Crippen LogP contribution in [0.15, 0.2) is 120 Å². The third-order valence-corrected chi connectivity index (χ3v) is 26.0. The van der Waals surface area contributed by atoms with Gasteiger partial charge in [-0.05, 0) is 207 Å². The van der Waals surface area contributed by atoms with Crippen LogP contribution in [0.5, 0.6) is 0 Å². The van der Waals surface area contributed by atoms with Crippen LogP contribution in [0.4, 0.5) is 45.5 Å². The molecule has 8 aromatic rings. The fourth-order valence-electron chi connectivity index (χ4n) is 18.0. The van der Waals surface area contributed by atoms with Crippen LogP contribution in [-0.4, -0.2) is 20.3 Å². The fraction of sp³-hybridized carbons (Fsp3) is 0.455. The summed E-state index contributed by atoms with van der Waals surface area (Å²) >= 11 is 0. The Hall–Kier alpha value is -5.98. The van der Waals surface area contributed by atoms with Gasteiger partial charge in [-0.1, -0.05) is 182 Å². The quantitative estimate of drug-likeness (QED) is 0.164. The summed E-state index contributed by atoms with van der Waals surface area (Å²) in [7, 11) is -1.65. The first kappa shape index (κ1) is 53.7. The Kier molecular flexibility index (Phi) is 11.0. The largest absolute Gasteiger partial charge is 0.456 e. The van der Waals surface area contributed by atoms with Crippen LogP contribution >= 0.6 is 0 Å². The Morgan fingerprint density at radius 3 is 1.52 bits per heavy atom. The van der Waals surface area contributed by atoms with Crippen LogP contribution in [0.2, 0.25) is 19.6 Å². The van der Waals surface area contributed by atoms with Crippen molar-refractivity contribution in [2.24, 2.45) is 0 Å². The standard InChI is InChI=1S/C77H90BN3OSi/c1-70(2)33-34-71(3,4)52-39-47(27-29-51(52)70)79-62-45-55-53(72(5,6)35-37-74(55,9)10)43-58(62)78-59-44-54-56(75(11,12)38-36-73(54,7)8)46-63(59)80(61-24-22-26-67-68(61)50-23-18-19-25-66(50)82-67)65-41-48(40-64(79)69(65)78)81-60-30-28-49(83(15,16)17)42-57(60)76(13)31-20-21-32-77(76,81)14/h18-19,22-30,39-46H,20-21,31-38H2,1-17H3. The second kappa shape index (κ2) is 16.9. The molecule has 426 valence electrons. The summed E-state index contributed by atoms with van der Waals surface area (Å²) in [6.45, 7) is 43.0. The average Bonchev–Trinajstić information content (AvgIpc) is 1.86. The Morgan fingerprint density at radius 1 is 0.398 bits per heavy atom. The van der Waals surface area contributed by atoms with E-state index in [0.29, 0.717) is 0 Å². The van der Waals surface area contributed by atoms with E-state index in [1.807, 2.05) is 0 Å². The maximum Gasteiger partial charge on any atom is 0.252 e. The average molecular weight is 1110 g/mol. The van der Waals surface area contributed by atoms with Gasteiger partial charge in [0.25, 0.3) is 6.71 Å². The number of hydrogen-bond donors (Lipinski definition) is 0. The van der Waals surface area contributed by atoms with Crippen LogP contribution < -0.4 is 36.3 Å². The van der Waals surface area contributed by atoms with Crippen LogP contribution in [0.1, 0.15) is 200 Å². The van der Waals surface area contributed by atoms with Crippen molar-refractivity contribution < 1.29 is 4.42 Å². The minimum atomic E-state index is -1.65. The number of para-hydroxylation sites is 1. The Bertz CT molecular complexity index is 4120. The zero-order chi connectivity index (χ0) is 58.3. The highest BCUT2D eigenvalue weighted by atomic mass is 28.3. The maximum atomic E-state index is 6.90. The molecule has 1 aromatic heterocycles. The molecule has 0 saturated heterocycles. The molecule has 4 aliphatic carbocycles. The van der Waals surface area contributed by atoms with Crippen LogP contribution in [-0.2, 0) is 37.9 Å². The smallest absolute Gasteiger partial charge is 0.252 e. The molecular weight excluding hydrogens is 1020 g/mol. The second-order valence-corrected chi connectivity index (χ2v) is 37.9. The van der Waals surface area contributed by atoms with Crippen LogP contribution in [0.3, 0.4) is 0 Å². The molecule has 4 nitrogen and oxygen atoms in total. The number of fused-ring (bicyclic) bond motifs is 13. The van der Waals surface area contributed by atoms with Gasteiger partial charge < -0.3 is 19.1 Å². The molecule has 6 heteroatoms. The molecule has 1 fully saturated rings. The molecule has 0 radical (unpaired) electrons. The number of hydrogen-bond acceptors (Lipinski definition) is 4. The zero-order valence-corrected chi connectivity index (χ0v) is 54.4. The predicted octanol–water partition coefficient (Wildman–Crippen LogP) is 19.0. The number of anilines is 8.